The number of hydrazone groups is 1. The van der Waals surface area contributed by atoms with Crippen LogP contribution in [0, 0.1) is 5.82 Å². The lowest BCUT2D eigenvalue weighted by molar-refractivity contribution is -0.137. The first-order valence-electron chi connectivity index (χ1n) is 12.0. The second kappa shape index (κ2) is 10.8. The Balaban J connectivity index is 1.32. The number of hydrogen-bond donors (Lipinski definition) is 3. The van der Waals surface area contributed by atoms with Gasteiger partial charge < -0.3 is 21.1 Å². The third kappa shape index (κ3) is 5.84. The van der Waals surface area contributed by atoms with E-state index in [1.807, 2.05) is 6.08 Å². The first-order valence-corrected chi connectivity index (χ1v) is 12.4. The summed E-state index contributed by atoms with van der Waals surface area (Å²) in [5, 5.41) is 10.6. The molecular weight excluding hydrogens is 542 g/mol. The first kappa shape index (κ1) is 26.9. The van der Waals surface area contributed by atoms with Gasteiger partial charge in [0.05, 0.1) is 35.2 Å². The summed E-state index contributed by atoms with van der Waals surface area (Å²) in [6.45, 7) is 3.44. The number of alkyl halides is 3. The van der Waals surface area contributed by atoms with E-state index in [4.69, 9.17) is 22.1 Å². The standard InChI is InChI=1S/C25H24ClF4N7O2/c26-18-3-2-15(25(28,29)30)10-21(18)35-24(38)34-20-4-1-14(9-19(20)27)17-11-16(12-36-5-7-39-8-6-36)37-22(17)23(31)32-13-33-37/h1-4,9-11,13,17,22H,5-8,12H2,(H2,31,32,33)(H2,34,35,38). The summed E-state index contributed by atoms with van der Waals surface area (Å²) in [6, 6.07) is 5.40. The zero-order valence-corrected chi connectivity index (χ0v) is 21.1. The van der Waals surface area contributed by atoms with Crippen molar-refractivity contribution in [3.8, 4) is 0 Å². The number of carbonyl (C=O) groups is 1. The molecule has 4 N–H and O–H groups in total. The van der Waals surface area contributed by atoms with Crippen LogP contribution in [0.15, 0.2) is 58.3 Å². The average molecular weight is 566 g/mol. The Hall–Kier alpha value is -3.68. The number of rotatable bonds is 5. The van der Waals surface area contributed by atoms with Crippen molar-refractivity contribution in [2.24, 2.45) is 15.8 Å². The summed E-state index contributed by atoms with van der Waals surface area (Å²) in [5.74, 6) is -0.763. The summed E-state index contributed by atoms with van der Waals surface area (Å²) in [7, 11) is 0. The minimum absolute atomic E-state index is 0.103. The molecule has 3 aliphatic heterocycles. The quantitative estimate of drug-likeness (QED) is 0.465. The number of hydrogen-bond acceptors (Lipinski definition) is 7. The van der Waals surface area contributed by atoms with Crippen LogP contribution < -0.4 is 16.4 Å². The van der Waals surface area contributed by atoms with Crippen molar-refractivity contribution in [2.45, 2.75) is 18.1 Å². The van der Waals surface area contributed by atoms with Gasteiger partial charge in [0.1, 0.15) is 24.0 Å². The van der Waals surface area contributed by atoms with Crippen molar-refractivity contribution in [3.63, 3.8) is 0 Å². The normalized spacial score (nSPS) is 21.3. The molecule has 0 spiro atoms. The molecular formula is C25H24ClF4N7O2. The molecule has 2 atom stereocenters. The molecule has 0 aromatic heterocycles. The van der Waals surface area contributed by atoms with Crippen LogP contribution in [0.1, 0.15) is 17.0 Å². The van der Waals surface area contributed by atoms with Gasteiger partial charge in [-0.3, -0.25) is 9.91 Å². The van der Waals surface area contributed by atoms with Crippen LogP contribution in [0.25, 0.3) is 0 Å². The van der Waals surface area contributed by atoms with Crippen molar-refractivity contribution in [2.75, 3.05) is 43.5 Å². The number of anilines is 2. The van der Waals surface area contributed by atoms with E-state index in [1.165, 1.54) is 18.5 Å². The summed E-state index contributed by atoms with van der Waals surface area (Å²) in [6.07, 6.45) is -1.26. The second-order valence-corrected chi connectivity index (χ2v) is 9.56. The predicted octanol–water partition coefficient (Wildman–Crippen LogP) is 4.44. The highest BCUT2D eigenvalue weighted by molar-refractivity contribution is 6.33. The number of nitrogens with one attached hydrogen (secondary N) is 2. The van der Waals surface area contributed by atoms with Gasteiger partial charge in [0.2, 0.25) is 0 Å². The van der Waals surface area contributed by atoms with Gasteiger partial charge in [-0.05, 0) is 35.9 Å². The third-order valence-electron chi connectivity index (χ3n) is 6.61. The molecule has 2 aromatic carbocycles. The smallest absolute Gasteiger partial charge is 0.385 e. The van der Waals surface area contributed by atoms with E-state index in [2.05, 4.69) is 25.6 Å². The van der Waals surface area contributed by atoms with Crippen LogP contribution >= 0.6 is 11.6 Å². The molecule has 0 saturated carbocycles. The third-order valence-corrected chi connectivity index (χ3v) is 6.94. The largest absolute Gasteiger partial charge is 0.416 e. The number of nitrogens with zero attached hydrogens (tertiary/aromatic N) is 4. The molecule has 2 unspecified atom stereocenters. The number of morpholine rings is 1. The number of amidine groups is 1. The maximum Gasteiger partial charge on any atom is 0.416 e. The van der Waals surface area contributed by atoms with Gasteiger partial charge in [-0.25, -0.2) is 14.2 Å². The van der Waals surface area contributed by atoms with Crippen LogP contribution in [0.3, 0.4) is 0 Å². The van der Waals surface area contributed by atoms with Gasteiger partial charge in [-0.15, -0.1) is 0 Å². The molecule has 206 valence electrons. The lowest BCUT2D eigenvalue weighted by Crippen LogP contribution is -2.45. The number of carbonyl (C=O) groups excluding carboxylic acids is 1. The molecule has 0 radical (unpaired) electrons. The lowest BCUT2D eigenvalue weighted by atomic mass is 9.92. The fourth-order valence-electron chi connectivity index (χ4n) is 4.69. The van der Waals surface area contributed by atoms with Gasteiger partial charge >= 0.3 is 12.2 Å². The molecule has 1 fully saturated rings. The molecule has 9 nitrogen and oxygen atoms in total. The molecule has 1 saturated heterocycles. The topological polar surface area (TPSA) is 108 Å². The Kier molecular flexibility index (Phi) is 7.47. The van der Waals surface area contributed by atoms with Crippen LogP contribution in [0.4, 0.5) is 33.7 Å². The van der Waals surface area contributed by atoms with Gasteiger partial charge in [-0.1, -0.05) is 23.7 Å². The highest BCUT2D eigenvalue weighted by Gasteiger charge is 2.40. The fraction of sp³-hybridized carbons (Fsp3) is 0.320. The zero-order valence-electron chi connectivity index (χ0n) is 20.4. The fourth-order valence-corrected chi connectivity index (χ4v) is 4.86. The summed E-state index contributed by atoms with van der Waals surface area (Å²) in [5.41, 5.74) is 6.27. The van der Waals surface area contributed by atoms with Crippen LogP contribution in [0.2, 0.25) is 5.02 Å². The van der Waals surface area contributed by atoms with Crippen molar-refractivity contribution in [1.82, 2.24) is 9.91 Å². The molecule has 0 bridgehead atoms. The molecule has 5 rings (SSSR count). The second-order valence-electron chi connectivity index (χ2n) is 9.16. The predicted molar refractivity (Wildman–Crippen MR) is 139 cm³/mol. The van der Waals surface area contributed by atoms with Gasteiger partial charge in [0.25, 0.3) is 0 Å². The first-order chi connectivity index (χ1) is 18.6. The molecule has 2 amide bonds. The highest BCUT2D eigenvalue weighted by atomic mass is 35.5. The molecule has 0 aliphatic carbocycles. The van der Waals surface area contributed by atoms with E-state index in [9.17, 15) is 18.0 Å². The lowest BCUT2D eigenvalue weighted by Gasteiger charge is -2.32. The SMILES string of the molecule is NC1=NC=NN2C(CN3CCOCC3)=CC(c3ccc(NC(=O)Nc4cc(C(F)(F)F)ccc4Cl)c(F)c3)C12. The number of halogens is 5. The minimum atomic E-state index is -4.62. The zero-order chi connectivity index (χ0) is 27.7. The number of nitrogens with two attached hydrogens (primary N) is 1. The number of ether oxygens (including phenoxy) is 1. The Morgan fingerprint density at radius 2 is 1.87 bits per heavy atom. The Morgan fingerprint density at radius 3 is 2.59 bits per heavy atom. The van der Waals surface area contributed by atoms with E-state index < -0.39 is 29.6 Å². The van der Waals surface area contributed by atoms with Crippen LogP contribution in [-0.4, -0.2) is 67.0 Å². The Bertz CT molecular complexity index is 1360. The highest BCUT2D eigenvalue weighted by Crippen LogP contribution is 2.38. The Morgan fingerprint density at radius 1 is 1.13 bits per heavy atom. The van der Waals surface area contributed by atoms with Crippen molar-refractivity contribution in [1.29, 1.82) is 0 Å². The molecule has 39 heavy (non-hydrogen) atoms. The number of aliphatic imine (C=N–C) groups is 1. The van der Waals surface area contributed by atoms with Crippen molar-refractivity contribution < 1.29 is 27.1 Å². The average Bonchev–Trinajstić information content (AvgIpc) is 3.26. The number of urea groups is 1. The molecule has 3 heterocycles. The van der Waals surface area contributed by atoms with E-state index in [-0.39, 0.29) is 22.3 Å². The van der Waals surface area contributed by atoms with Gasteiger partial charge in [0, 0.05) is 31.2 Å². The maximum atomic E-state index is 15.1. The number of fused-ring (bicyclic) bond motifs is 1. The molecule has 2 aromatic rings. The van der Waals surface area contributed by atoms with E-state index in [0.717, 1.165) is 30.9 Å². The van der Waals surface area contributed by atoms with E-state index in [0.29, 0.717) is 37.2 Å². The van der Waals surface area contributed by atoms with Crippen LogP contribution in [0.5, 0.6) is 0 Å². The maximum absolute atomic E-state index is 15.1. The molecule has 3 aliphatic rings. The monoisotopic (exact) mass is 565 g/mol. The summed E-state index contributed by atoms with van der Waals surface area (Å²) >= 11 is 5.93. The molecule has 14 heteroatoms. The number of benzene rings is 2. The van der Waals surface area contributed by atoms with Crippen LogP contribution in [-0.2, 0) is 10.9 Å². The van der Waals surface area contributed by atoms with E-state index in [1.54, 1.807) is 11.1 Å². The summed E-state index contributed by atoms with van der Waals surface area (Å²) in [4.78, 5) is 18.8. The van der Waals surface area contributed by atoms with Crippen molar-refractivity contribution in [3.05, 3.63) is 70.1 Å². The number of amides is 2. The summed E-state index contributed by atoms with van der Waals surface area (Å²) < 4.78 is 59.6. The minimum Gasteiger partial charge on any atom is -0.385 e. The Labute approximate surface area is 225 Å². The van der Waals surface area contributed by atoms with Crippen molar-refractivity contribution >= 4 is 41.2 Å². The van der Waals surface area contributed by atoms with Gasteiger partial charge in [0.15, 0.2) is 0 Å². The van der Waals surface area contributed by atoms with Gasteiger partial charge in [-0.2, -0.15) is 18.3 Å². The van der Waals surface area contributed by atoms with E-state index >= 15 is 4.39 Å².